The van der Waals surface area contributed by atoms with Gasteiger partial charge in [0.1, 0.15) is 12.1 Å². The molecule has 0 radical (unpaired) electrons. The number of aryl methyl sites for hydroxylation is 3. The summed E-state index contributed by atoms with van der Waals surface area (Å²) in [7, 11) is 3.92. The maximum absolute atomic E-state index is 9.65. The van der Waals surface area contributed by atoms with E-state index in [1.165, 1.54) is 0 Å². The lowest BCUT2D eigenvalue weighted by Crippen LogP contribution is -2.26. The minimum absolute atomic E-state index is 0.0148. The molecule has 1 aliphatic rings. The predicted octanol–water partition coefficient (Wildman–Crippen LogP) is 2.56. The Kier molecular flexibility index (Phi) is 6.50. The summed E-state index contributed by atoms with van der Waals surface area (Å²) in [6.45, 7) is 8.48. The monoisotopic (exact) mass is 492 g/mol. The summed E-state index contributed by atoms with van der Waals surface area (Å²) in [5.74, 6) is 1.23. The molecule has 4 aromatic heterocycles. The Morgan fingerprint density at radius 3 is 2.78 bits per heavy atom. The number of hydrogen-bond acceptors (Lipinski definition) is 8. The van der Waals surface area contributed by atoms with Crippen LogP contribution in [0.1, 0.15) is 35.3 Å². The van der Waals surface area contributed by atoms with Gasteiger partial charge in [-0.1, -0.05) is 0 Å². The van der Waals surface area contributed by atoms with Gasteiger partial charge in [-0.2, -0.15) is 10.2 Å². The van der Waals surface area contributed by atoms with Gasteiger partial charge in [0.25, 0.3) is 0 Å². The number of pyridine rings is 1. The Balaban J connectivity index is 1.71. The highest BCUT2D eigenvalue weighted by Gasteiger charge is 2.22. The first-order chi connectivity index (χ1) is 17.4. The van der Waals surface area contributed by atoms with Crippen molar-refractivity contribution in [1.82, 2.24) is 39.6 Å². The summed E-state index contributed by atoms with van der Waals surface area (Å²) < 4.78 is 15.7. The molecule has 0 unspecified atom stereocenters. The number of aromatic amines is 1. The fourth-order valence-corrected chi connectivity index (χ4v) is 4.68. The molecule has 0 saturated carbocycles. The number of fused-ring (bicyclic) bond motifs is 4. The van der Waals surface area contributed by atoms with Crippen molar-refractivity contribution >= 4 is 23.1 Å². The molecule has 0 aromatic carbocycles. The third-order valence-corrected chi connectivity index (χ3v) is 6.38. The van der Waals surface area contributed by atoms with E-state index < -0.39 is 0 Å². The molecule has 0 amide bonds. The first-order valence-electron chi connectivity index (χ1n) is 12.1. The van der Waals surface area contributed by atoms with Crippen LogP contribution in [0.25, 0.3) is 34.3 Å². The Labute approximate surface area is 209 Å². The molecule has 190 valence electrons. The molecule has 0 saturated heterocycles. The van der Waals surface area contributed by atoms with Gasteiger partial charge in [0, 0.05) is 25.5 Å². The van der Waals surface area contributed by atoms with E-state index in [0.29, 0.717) is 44.6 Å². The van der Waals surface area contributed by atoms with E-state index >= 15 is 0 Å². The minimum Gasteiger partial charge on any atom is -0.476 e. The molecule has 36 heavy (non-hydrogen) atoms. The van der Waals surface area contributed by atoms with Crippen LogP contribution in [0.4, 0.5) is 0 Å². The Bertz CT molecular complexity index is 1430. The first-order valence-corrected chi connectivity index (χ1v) is 12.1. The second kappa shape index (κ2) is 9.75. The Morgan fingerprint density at radius 2 is 2.00 bits per heavy atom. The van der Waals surface area contributed by atoms with Crippen LogP contribution in [0.15, 0.2) is 6.07 Å². The van der Waals surface area contributed by atoms with E-state index in [1.54, 1.807) is 4.68 Å². The fraction of sp³-hybridized carbons (Fsp3) is 0.440. The number of nitrogens with one attached hydrogen (secondary N) is 1. The number of aliphatic hydroxyl groups is 1. The SMILES string of the molecule is CCOc1nn(CCO)c2c1/C=C/c1[nH]nc3c(C)nc(cc13)-c1c(C)nn(C)c1OCCN(C)C2. The van der Waals surface area contributed by atoms with Crippen LogP contribution >= 0.6 is 0 Å². The van der Waals surface area contributed by atoms with Crippen molar-refractivity contribution in [3.63, 3.8) is 0 Å². The van der Waals surface area contributed by atoms with Gasteiger partial charge in [-0.25, -0.2) is 4.68 Å². The van der Waals surface area contributed by atoms with Crippen molar-refractivity contribution in [2.75, 3.05) is 33.4 Å². The zero-order chi connectivity index (χ0) is 25.4. The molecule has 0 atom stereocenters. The number of nitrogens with zero attached hydrogens (tertiary/aromatic N) is 7. The standard InChI is InChI=1S/C25H32N8O3/c1-6-35-24-17-7-8-19-18-13-20(26-16(3)23(18)28-27-19)22-15(2)29-32(5)25(22)36-12-10-31(4)14-21(17)33(30-24)9-11-34/h7-8,13,34H,6,9-12,14H2,1-5H3,(H,27,28)/b8-7+. The lowest BCUT2D eigenvalue weighted by Gasteiger charge is -2.18. The molecule has 5 rings (SSSR count). The van der Waals surface area contributed by atoms with Crippen LogP contribution in [0.5, 0.6) is 11.8 Å². The van der Waals surface area contributed by atoms with Crippen molar-refractivity contribution in [2.45, 2.75) is 33.9 Å². The molecule has 2 bridgehead atoms. The van der Waals surface area contributed by atoms with Gasteiger partial charge < -0.3 is 14.6 Å². The zero-order valence-corrected chi connectivity index (χ0v) is 21.4. The topological polar surface area (TPSA) is 119 Å². The summed E-state index contributed by atoms with van der Waals surface area (Å²) in [5, 5.41) is 27.5. The number of aliphatic hydroxyl groups excluding tert-OH is 1. The van der Waals surface area contributed by atoms with Crippen molar-refractivity contribution in [3.8, 4) is 23.0 Å². The molecule has 0 fully saturated rings. The molecule has 0 spiro atoms. The van der Waals surface area contributed by atoms with Gasteiger partial charge in [-0.05, 0) is 46.0 Å². The van der Waals surface area contributed by atoms with E-state index in [2.05, 4.69) is 25.3 Å². The molecular weight excluding hydrogens is 460 g/mol. The fourth-order valence-electron chi connectivity index (χ4n) is 4.68. The van der Waals surface area contributed by atoms with Gasteiger partial charge in [0.05, 0.1) is 59.4 Å². The average Bonchev–Trinajstić information content (AvgIpc) is 3.47. The van der Waals surface area contributed by atoms with Crippen LogP contribution in [0.2, 0.25) is 0 Å². The van der Waals surface area contributed by atoms with E-state index in [-0.39, 0.29) is 6.61 Å². The van der Waals surface area contributed by atoms with E-state index in [9.17, 15) is 5.11 Å². The van der Waals surface area contributed by atoms with E-state index in [1.807, 2.05) is 57.8 Å². The predicted molar refractivity (Wildman–Crippen MR) is 137 cm³/mol. The van der Waals surface area contributed by atoms with Crippen LogP contribution < -0.4 is 9.47 Å². The maximum atomic E-state index is 9.65. The van der Waals surface area contributed by atoms with Crippen molar-refractivity contribution in [3.05, 3.63) is 34.4 Å². The van der Waals surface area contributed by atoms with E-state index in [0.717, 1.165) is 50.5 Å². The second-order valence-electron chi connectivity index (χ2n) is 8.98. The average molecular weight is 493 g/mol. The number of ether oxygens (including phenoxy) is 2. The van der Waals surface area contributed by atoms with Crippen LogP contribution in [0, 0.1) is 13.8 Å². The molecule has 11 heteroatoms. The smallest absolute Gasteiger partial charge is 0.240 e. The summed E-state index contributed by atoms with van der Waals surface area (Å²) in [6.07, 6.45) is 4.01. The van der Waals surface area contributed by atoms with Gasteiger partial charge in [0.15, 0.2) is 0 Å². The van der Waals surface area contributed by atoms with Crippen molar-refractivity contribution in [2.24, 2.45) is 7.05 Å². The molecular formula is C25H32N8O3. The van der Waals surface area contributed by atoms with Crippen LogP contribution in [0.3, 0.4) is 0 Å². The van der Waals surface area contributed by atoms with Gasteiger partial charge >= 0.3 is 0 Å². The first kappa shape index (κ1) is 24.0. The molecule has 5 heterocycles. The molecule has 1 aliphatic heterocycles. The lowest BCUT2D eigenvalue weighted by molar-refractivity contribution is 0.215. The number of likely N-dealkylation sites (N-methyl/N-ethyl adjacent to an activating group) is 1. The summed E-state index contributed by atoms with van der Waals surface area (Å²) in [5.41, 5.74) is 6.87. The van der Waals surface area contributed by atoms with E-state index in [4.69, 9.17) is 14.5 Å². The summed E-state index contributed by atoms with van der Waals surface area (Å²) in [6, 6.07) is 2.04. The third-order valence-electron chi connectivity index (χ3n) is 6.38. The second-order valence-corrected chi connectivity index (χ2v) is 8.98. The molecule has 11 nitrogen and oxygen atoms in total. The van der Waals surface area contributed by atoms with Crippen molar-refractivity contribution < 1.29 is 14.6 Å². The lowest BCUT2D eigenvalue weighted by atomic mass is 10.1. The number of hydrogen-bond donors (Lipinski definition) is 2. The van der Waals surface area contributed by atoms with Crippen molar-refractivity contribution in [1.29, 1.82) is 0 Å². The largest absolute Gasteiger partial charge is 0.476 e. The highest BCUT2D eigenvalue weighted by molar-refractivity contribution is 5.93. The highest BCUT2D eigenvalue weighted by atomic mass is 16.5. The molecule has 4 aromatic rings. The number of H-pyrrole nitrogens is 1. The summed E-state index contributed by atoms with van der Waals surface area (Å²) >= 11 is 0. The van der Waals surface area contributed by atoms with Crippen LogP contribution in [-0.2, 0) is 20.1 Å². The van der Waals surface area contributed by atoms with Gasteiger partial charge in [0.2, 0.25) is 11.8 Å². The number of aromatic nitrogens is 7. The van der Waals surface area contributed by atoms with Gasteiger partial charge in [-0.15, -0.1) is 5.10 Å². The quantitative estimate of drug-likeness (QED) is 0.446. The Hall–Kier alpha value is -3.70. The Morgan fingerprint density at radius 1 is 1.17 bits per heavy atom. The normalized spacial score (nSPS) is 15.3. The van der Waals surface area contributed by atoms with Gasteiger partial charge in [-0.3, -0.25) is 19.7 Å². The molecule has 0 aliphatic carbocycles. The maximum Gasteiger partial charge on any atom is 0.240 e. The molecule has 2 N–H and O–H groups in total. The third kappa shape index (κ3) is 4.24. The number of rotatable bonds is 4. The van der Waals surface area contributed by atoms with Crippen LogP contribution in [-0.4, -0.2) is 78.2 Å². The zero-order valence-electron chi connectivity index (χ0n) is 21.4. The highest BCUT2D eigenvalue weighted by Crippen LogP contribution is 2.35. The minimum atomic E-state index is -0.0148. The summed E-state index contributed by atoms with van der Waals surface area (Å²) in [4.78, 5) is 7.01.